The van der Waals surface area contributed by atoms with Gasteiger partial charge in [0.15, 0.2) is 0 Å². The molecule has 0 N–H and O–H groups in total. The maximum absolute atomic E-state index is 3.49. The van der Waals surface area contributed by atoms with Crippen LogP contribution in [0.1, 0.15) is 22.3 Å². The SMILES string of the molecule is Cc1cc(CBr)c(C)c(CBr)c1. The van der Waals surface area contributed by atoms with Crippen molar-refractivity contribution in [2.75, 3.05) is 0 Å². The fraction of sp³-hybridized carbons (Fsp3) is 0.400. The zero-order chi connectivity index (χ0) is 9.14. The minimum absolute atomic E-state index is 0.945. The molecule has 2 heteroatoms. The van der Waals surface area contributed by atoms with Gasteiger partial charge >= 0.3 is 0 Å². The lowest BCUT2D eigenvalue weighted by Crippen LogP contribution is -1.92. The summed E-state index contributed by atoms with van der Waals surface area (Å²) in [4.78, 5) is 0. The monoisotopic (exact) mass is 290 g/mol. The van der Waals surface area contributed by atoms with Crippen LogP contribution >= 0.6 is 31.9 Å². The number of halogens is 2. The Morgan fingerprint density at radius 3 is 1.75 bits per heavy atom. The number of alkyl halides is 2. The fourth-order valence-corrected chi connectivity index (χ4v) is 2.46. The maximum Gasteiger partial charge on any atom is 0.0285 e. The molecule has 0 saturated carbocycles. The van der Waals surface area contributed by atoms with Crippen molar-refractivity contribution in [2.45, 2.75) is 24.5 Å². The molecule has 0 heterocycles. The van der Waals surface area contributed by atoms with Crippen LogP contribution in [-0.2, 0) is 10.7 Å². The normalized spacial score (nSPS) is 10.3. The molecule has 66 valence electrons. The summed E-state index contributed by atoms with van der Waals surface area (Å²) in [6.07, 6.45) is 0. The van der Waals surface area contributed by atoms with Gasteiger partial charge in [0.05, 0.1) is 0 Å². The highest BCUT2D eigenvalue weighted by Crippen LogP contribution is 2.20. The van der Waals surface area contributed by atoms with Crippen LogP contribution in [0.15, 0.2) is 12.1 Å². The summed E-state index contributed by atoms with van der Waals surface area (Å²) in [5, 5.41) is 1.89. The van der Waals surface area contributed by atoms with Crippen molar-refractivity contribution in [2.24, 2.45) is 0 Å². The van der Waals surface area contributed by atoms with Crippen LogP contribution < -0.4 is 0 Å². The molecule has 1 aromatic rings. The van der Waals surface area contributed by atoms with Gasteiger partial charge in [0, 0.05) is 10.7 Å². The highest BCUT2D eigenvalue weighted by atomic mass is 79.9. The molecule has 12 heavy (non-hydrogen) atoms. The third-order valence-corrected chi connectivity index (χ3v) is 3.26. The minimum Gasteiger partial charge on any atom is -0.0876 e. The molecule has 0 bridgehead atoms. The summed E-state index contributed by atoms with van der Waals surface area (Å²) in [6, 6.07) is 4.46. The van der Waals surface area contributed by atoms with Crippen molar-refractivity contribution in [1.29, 1.82) is 0 Å². The van der Waals surface area contributed by atoms with Gasteiger partial charge in [0.25, 0.3) is 0 Å². The molecule has 0 aliphatic rings. The van der Waals surface area contributed by atoms with E-state index in [1.807, 2.05) is 0 Å². The van der Waals surface area contributed by atoms with E-state index in [0.29, 0.717) is 0 Å². The Balaban J connectivity index is 3.22. The van der Waals surface area contributed by atoms with Crippen LogP contribution in [0.4, 0.5) is 0 Å². The number of hydrogen-bond acceptors (Lipinski definition) is 0. The first-order valence-corrected chi connectivity index (χ1v) is 6.14. The van der Waals surface area contributed by atoms with Crippen molar-refractivity contribution in [3.8, 4) is 0 Å². The molecule has 1 rings (SSSR count). The smallest absolute Gasteiger partial charge is 0.0285 e. The quantitative estimate of drug-likeness (QED) is 0.720. The van der Waals surface area contributed by atoms with Crippen molar-refractivity contribution in [3.63, 3.8) is 0 Å². The van der Waals surface area contributed by atoms with Gasteiger partial charge in [-0.2, -0.15) is 0 Å². The summed E-state index contributed by atoms with van der Waals surface area (Å²) < 4.78 is 0. The van der Waals surface area contributed by atoms with Crippen molar-refractivity contribution in [1.82, 2.24) is 0 Å². The zero-order valence-corrected chi connectivity index (χ0v) is 10.5. The highest BCUT2D eigenvalue weighted by Gasteiger charge is 2.02. The van der Waals surface area contributed by atoms with Crippen LogP contribution in [-0.4, -0.2) is 0 Å². The largest absolute Gasteiger partial charge is 0.0876 e. The van der Waals surface area contributed by atoms with Gasteiger partial charge in [-0.15, -0.1) is 0 Å². The van der Waals surface area contributed by atoms with Crippen LogP contribution in [0.25, 0.3) is 0 Å². The van der Waals surface area contributed by atoms with E-state index in [0.717, 1.165) is 10.7 Å². The van der Waals surface area contributed by atoms with Gasteiger partial charge in [0.1, 0.15) is 0 Å². The molecule has 0 amide bonds. The van der Waals surface area contributed by atoms with Crippen molar-refractivity contribution in [3.05, 3.63) is 34.4 Å². The summed E-state index contributed by atoms with van der Waals surface area (Å²) in [5.41, 5.74) is 5.52. The van der Waals surface area contributed by atoms with Crippen molar-refractivity contribution >= 4 is 31.9 Å². The van der Waals surface area contributed by atoms with Gasteiger partial charge in [-0.3, -0.25) is 0 Å². The lowest BCUT2D eigenvalue weighted by Gasteiger charge is -2.08. The molecule has 0 saturated heterocycles. The van der Waals surface area contributed by atoms with Crippen LogP contribution in [0.5, 0.6) is 0 Å². The first kappa shape index (κ1) is 10.3. The van der Waals surface area contributed by atoms with E-state index in [9.17, 15) is 0 Å². The fourth-order valence-electron chi connectivity index (χ4n) is 1.29. The van der Waals surface area contributed by atoms with Gasteiger partial charge < -0.3 is 0 Å². The van der Waals surface area contributed by atoms with Gasteiger partial charge in [-0.1, -0.05) is 49.6 Å². The molecule has 0 unspecified atom stereocenters. The standard InChI is InChI=1S/C10H12Br2/c1-7-3-9(5-11)8(2)10(4-7)6-12/h3-4H,5-6H2,1-2H3. The second-order valence-corrected chi connectivity index (χ2v) is 4.10. The van der Waals surface area contributed by atoms with E-state index in [4.69, 9.17) is 0 Å². The molecule has 0 spiro atoms. The Hall–Kier alpha value is 0.180. The average molecular weight is 292 g/mol. The van der Waals surface area contributed by atoms with Gasteiger partial charge in [-0.25, -0.2) is 0 Å². The van der Waals surface area contributed by atoms with Crippen LogP contribution in [0, 0.1) is 13.8 Å². The van der Waals surface area contributed by atoms with E-state index in [-0.39, 0.29) is 0 Å². The van der Waals surface area contributed by atoms with Crippen LogP contribution in [0.2, 0.25) is 0 Å². The molecule has 0 nitrogen and oxygen atoms in total. The molecule has 0 aliphatic heterocycles. The summed E-state index contributed by atoms with van der Waals surface area (Å²) >= 11 is 6.98. The van der Waals surface area contributed by atoms with Crippen LogP contribution in [0.3, 0.4) is 0 Å². The molecule has 0 fully saturated rings. The average Bonchev–Trinajstić information content (AvgIpc) is 2.08. The van der Waals surface area contributed by atoms with E-state index >= 15 is 0 Å². The second kappa shape index (κ2) is 4.43. The Morgan fingerprint density at radius 1 is 1.00 bits per heavy atom. The van der Waals surface area contributed by atoms with E-state index in [1.54, 1.807) is 0 Å². The Labute approximate surface area is 90.6 Å². The molecule has 0 aromatic heterocycles. The molecule has 1 aromatic carbocycles. The number of benzene rings is 1. The number of aryl methyl sites for hydroxylation is 1. The highest BCUT2D eigenvalue weighted by molar-refractivity contribution is 9.08. The lowest BCUT2D eigenvalue weighted by atomic mass is 10.0. The Bertz CT molecular complexity index is 254. The third-order valence-electron chi connectivity index (χ3n) is 2.06. The Morgan fingerprint density at radius 2 is 1.42 bits per heavy atom. The van der Waals surface area contributed by atoms with Gasteiger partial charge in [0.2, 0.25) is 0 Å². The number of rotatable bonds is 2. The van der Waals surface area contributed by atoms with Gasteiger partial charge in [-0.05, 0) is 30.5 Å². The second-order valence-electron chi connectivity index (χ2n) is 2.98. The molecular weight excluding hydrogens is 280 g/mol. The van der Waals surface area contributed by atoms with E-state index < -0.39 is 0 Å². The summed E-state index contributed by atoms with van der Waals surface area (Å²) in [6.45, 7) is 4.31. The number of hydrogen-bond donors (Lipinski definition) is 0. The lowest BCUT2D eigenvalue weighted by molar-refractivity contribution is 1.21. The topological polar surface area (TPSA) is 0 Å². The molecule has 0 aliphatic carbocycles. The van der Waals surface area contributed by atoms with Crippen molar-refractivity contribution < 1.29 is 0 Å². The van der Waals surface area contributed by atoms with E-state index in [1.165, 1.54) is 22.3 Å². The van der Waals surface area contributed by atoms with E-state index in [2.05, 4.69) is 57.8 Å². The molecular formula is C10H12Br2. The summed E-state index contributed by atoms with van der Waals surface area (Å²) in [5.74, 6) is 0. The first-order chi connectivity index (χ1) is 5.69. The minimum atomic E-state index is 0.945. The summed E-state index contributed by atoms with van der Waals surface area (Å²) in [7, 11) is 0. The maximum atomic E-state index is 3.49. The molecule has 0 atom stereocenters. The predicted octanol–water partition coefficient (Wildman–Crippen LogP) is 4.09. The first-order valence-electron chi connectivity index (χ1n) is 3.90. The Kier molecular flexibility index (Phi) is 3.78. The third kappa shape index (κ3) is 2.11. The predicted molar refractivity (Wildman–Crippen MR) is 61.2 cm³/mol. The molecule has 0 radical (unpaired) electrons. The zero-order valence-electron chi connectivity index (χ0n) is 7.32.